The van der Waals surface area contributed by atoms with Crippen molar-refractivity contribution in [2.24, 2.45) is 0 Å². The quantitative estimate of drug-likeness (QED) is 0.549. The summed E-state index contributed by atoms with van der Waals surface area (Å²) in [6.45, 7) is 5.92. The zero-order valence-corrected chi connectivity index (χ0v) is 19.5. The highest BCUT2D eigenvalue weighted by Crippen LogP contribution is 2.35. The monoisotopic (exact) mass is 445 g/mol. The molecule has 3 aromatic rings. The van der Waals surface area contributed by atoms with E-state index in [4.69, 9.17) is 9.47 Å². The van der Waals surface area contributed by atoms with Crippen LogP contribution in [0.1, 0.15) is 35.4 Å². The highest BCUT2D eigenvalue weighted by molar-refractivity contribution is 5.92. The molecule has 1 aliphatic heterocycles. The Morgan fingerprint density at radius 3 is 2.48 bits per heavy atom. The van der Waals surface area contributed by atoms with Crippen LogP contribution < -0.4 is 10.1 Å². The Morgan fingerprint density at radius 1 is 1.12 bits per heavy atom. The number of hydrogen-bond donors (Lipinski definition) is 1. The van der Waals surface area contributed by atoms with Crippen molar-refractivity contribution in [1.29, 1.82) is 0 Å². The predicted octanol–water partition coefficient (Wildman–Crippen LogP) is 4.38. The molecule has 2 heterocycles. The molecule has 0 radical (unpaired) electrons. The van der Waals surface area contributed by atoms with Gasteiger partial charge in [-0.1, -0.05) is 30.3 Å². The number of amides is 1. The first kappa shape index (κ1) is 22.8. The molecular formula is C27H31N3O3. The molecule has 1 N–H and O–H groups in total. The standard InChI is InChI=1S/C27H31N3O3/c1-20-25(21(2)30(29-20)23-7-5-4-6-8-23)13-14-26(31)28-19-27(15-17-33-18-16-27)22-9-11-24(32-3)12-10-22/h4-14H,15-19H2,1-3H3,(H,28,31)/b14-13+. The highest BCUT2D eigenvalue weighted by Gasteiger charge is 2.34. The fourth-order valence-corrected chi connectivity index (χ4v) is 4.47. The second-order valence-corrected chi connectivity index (χ2v) is 8.50. The number of ether oxygens (including phenoxy) is 2. The number of nitrogens with zero attached hydrogens (tertiary/aromatic N) is 2. The van der Waals surface area contributed by atoms with E-state index >= 15 is 0 Å². The van der Waals surface area contributed by atoms with Crippen LogP contribution in [0, 0.1) is 13.8 Å². The minimum atomic E-state index is -0.141. The molecule has 1 amide bonds. The molecule has 0 aliphatic carbocycles. The fourth-order valence-electron chi connectivity index (χ4n) is 4.47. The molecule has 1 aliphatic rings. The van der Waals surface area contributed by atoms with E-state index in [-0.39, 0.29) is 11.3 Å². The third kappa shape index (κ3) is 5.01. The van der Waals surface area contributed by atoms with E-state index < -0.39 is 0 Å². The Bertz CT molecular complexity index is 1110. The first-order valence-electron chi connectivity index (χ1n) is 11.3. The van der Waals surface area contributed by atoms with Gasteiger partial charge < -0.3 is 14.8 Å². The number of carbonyl (C=O) groups excluding carboxylic acids is 1. The van der Waals surface area contributed by atoms with Crippen molar-refractivity contribution in [3.8, 4) is 11.4 Å². The number of rotatable bonds is 7. The number of aromatic nitrogens is 2. The Kier molecular flexibility index (Phi) is 6.94. The molecule has 4 rings (SSSR count). The van der Waals surface area contributed by atoms with Crippen LogP contribution >= 0.6 is 0 Å². The molecule has 33 heavy (non-hydrogen) atoms. The maximum atomic E-state index is 12.8. The number of carbonyl (C=O) groups is 1. The van der Waals surface area contributed by atoms with Gasteiger partial charge in [-0.3, -0.25) is 4.79 Å². The molecule has 1 saturated heterocycles. The summed E-state index contributed by atoms with van der Waals surface area (Å²) in [6.07, 6.45) is 5.20. The number of para-hydroxylation sites is 1. The smallest absolute Gasteiger partial charge is 0.244 e. The minimum Gasteiger partial charge on any atom is -0.497 e. The average Bonchev–Trinajstić information content (AvgIpc) is 3.15. The van der Waals surface area contributed by atoms with Crippen LogP contribution in [0.3, 0.4) is 0 Å². The van der Waals surface area contributed by atoms with Crippen molar-refractivity contribution in [3.05, 3.63) is 83.2 Å². The third-order valence-electron chi connectivity index (χ3n) is 6.50. The van der Waals surface area contributed by atoms with Crippen LogP contribution in [0.5, 0.6) is 5.75 Å². The summed E-state index contributed by atoms with van der Waals surface area (Å²) in [5, 5.41) is 7.78. The van der Waals surface area contributed by atoms with Crippen molar-refractivity contribution in [1.82, 2.24) is 15.1 Å². The van der Waals surface area contributed by atoms with Gasteiger partial charge in [-0.2, -0.15) is 5.10 Å². The Morgan fingerprint density at radius 2 is 1.82 bits per heavy atom. The molecule has 1 aromatic heterocycles. The lowest BCUT2D eigenvalue weighted by Crippen LogP contribution is -2.44. The summed E-state index contributed by atoms with van der Waals surface area (Å²) < 4.78 is 12.8. The molecule has 0 unspecified atom stereocenters. The maximum Gasteiger partial charge on any atom is 0.244 e. The van der Waals surface area contributed by atoms with Crippen LogP contribution in [0.15, 0.2) is 60.7 Å². The normalized spacial score (nSPS) is 15.5. The zero-order chi connectivity index (χ0) is 23.3. The lowest BCUT2D eigenvalue weighted by Gasteiger charge is -2.38. The summed E-state index contributed by atoms with van der Waals surface area (Å²) in [7, 11) is 1.67. The van der Waals surface area contributed by atoms with E-state index in [0.29, 0.717) is 19.8 Å². The predicted molar refractivity (Wildman–Crippen MR) is 130 cm³/mol. The fraction of sp³-hybridized carbons (Fsp3) is 0.333. The molecule has 0 spiro atoms. The largest absolute Gasteiger partial charge is 0.497 e. The van der Waals surface area contributed by atoms with Crippen LogP contribution in [-0.2, 0) is 14.9 Å². The molecule has 0 bridgehead atoms. The summed E-state index contributed by atoms with van der Waals surface area (Å²) in [6, 6.07) is 18.1. The number of benzene rings is 2. The molecular weight excluding hydrogens is 414 g/mol. The number of methoxy groups -OCH3 is 1. The zero-order valence-electron chi connectivity index (χ0n) is 19.5. The first-order chi connectivity index (χ1) is 16.0. The van der Waals surface area contributed by atoms with Crippen molar-refractivity contribution < 1.29 is 14.3 Å². The Hall–Kier alpha value is -3.38. The maximum absolute atomic E-state index is 12.8. The van der Waals surface area contributed by atoms with E-state index in [0.717, 1.165) is 41.2 Å². The highest BCUT2D eigenvalue weighted by atomic mass is 16.5. The van der Waals surface area contributed by atoms with Gasteiger partial charge in [0.15, 0.2) is 0 Å². The van der Waals surface area contributed by atoms with Crippen LogP contribution in [-0.4, -0.2) is 42.6 Å². The summed E-state index contributed by atoms with van der Waals surface area (Å²) in [4.78, 5) is 12.8. The molecule has 0 saturated carbocycles. The lowest BCUT2D eigenvalue weighted by atomic mass is 9.74. The van der Waals surface area contributed by atoms with Crippen molar-refractivity contribution >= 4 is 12.0 Å². The van der Waals surface area contributed by atoms with Crippen molar-refractivity contribution in [2.75, 3.05) is 26.9 Å². The molecule has 6 nitrogen and oxygen atoms in total. The van der Waals surface area contributed by atoms with Gasteiger partial charge in [0.05, 0.1) is 18.5 Å². The van der Waals surface area contributed by atoms with Crippen LogP contribution in [0.2, 0.25) is 0 Å². The van der Waals surface area contributed by atoms with E-state index in [1.807, 2.05) is 67.1 Å². The van der Waals surface area contributed by atoms with Crippen LogP contribution in [0.4, 0.5) is 0 Å². The number of hydrogen-bond acceptors (Lipinski definition) is 4. The summed E-state index contributed by atoms with van der Waals surface area (Å²) in [5.41, 5.74) is 4.92. The second kappa shape index (κ2) is 10.0. The van der Waals surface area contributed by atoms with Gasteiger partial charge in [0.1, 0.15) is 5.75 Å². The molecule has 172 valence electrons. The van der Waals surface area contributed by atoms with Gasteiger partial charge in [-0.15, -0.1) is 0 Å². The van der Waals surface area contributed by atoms with Gasteiger partial charge in [0.25, 0.3) is 0 Å². The van der Waals surface area contributed by atoms with Gasteiger partial charge in [-0.05, 0) is 62.6 Å². The first-order valence-corrected chi connectivity index (χ1v) is 11.3. The molecule has 0 atom stereocenters. The van der Waals surface area contributed by atoms with Gasteiger partial charge in [0.2, 0.25) is 5.91 Å². The average molecular weight is 446 g/mol. The van der Waals surface area contributed by atoms with Crippen molar-refractivity contribution in [3.63, 3.8) is 0 Å². The van der Waals surface area contributed by atoms with Gasteiger partial charge in [0, 0.05) is 42.5 Å². The topological polar surface area (TPSA) is 65.4 Å². The molecule has 1 fully saturated rings. The van der Waals surface area contributed by atoms with Crippen molar-refractivity contribution in [2.45, 2.75) is 32.1 Å². The third-order valence-corrected chi connectivity index (χ3v) is 6.50. The van der Waals surface area contributed by atoms with E-state index in [1.165, 1.54) is 5.56 Å². The van der Waals surface area contributed by atoms with Gasteiger partial charge >= 0.3 is 0 Å². The summed E-state index contributed by atoms with van der Waals surface area (Å²) in [5.74, 6) is 0.718. The SMILES string of the molecule is COc1ccc(C2(CNC(=O)/C=C/c3c(C)nn(-c4ccccc4)c3C)CCOCC2)cc1. The van der Waals surface area contributed by atoms with Crippen LogP contribution in [0.25, 0.3) is 11.8 Å². The lowest BCUT2D eigenvalue weighted by molar-refractivity contribution is -0.116. The number of nitrogens with one attached hydrogen (secondary N) is 1. The molecule has 6 heteroatoms. The van der Waals surface area contributed by atoms with E-state index in [2.05, 4.69) is 22.5 Å². The Balaban J connectivity index is 1.47. The van der Waals surface area contributed by atoms with E-state index in [1.54, 1.807) is 13.2 Å². The number of aryl methyl sites for hydroxylation is 1. The molecule has 2 aromatic carbocycles. The Labute approximate surface area is 195 Å². The second-order valence-electron chi connectivity index (χ2n) is 8.50. The van der Waals surface area contributed by atoms with E-state index in [9.17, 15) is 4.79 Å². The van der Waals surface area contributed by atoms with Gasteiger partial charge in [-0.25, -0.2) is 4.68 Å². The summed E-state index contributed by atoms with van der Waals surface area (Å²) >= 11 is 0. The minimum absolute atomic E-state index is 0.111.